The van der Waals surface area contributed by atoms with Crippen LogP contribution in [0.25, 0.3) is 16.7 Å². The SMILES string of the molecule is Cc1ccccc1S(=O)(=O)c1nc(C23CCC(NS(=O)(=O)C4CC4)(CC2)CC3)n2c1cnc1[nH]ccc12. The first-order chi connectivity index (χ1) is 17.6. The lowest BCUT2D eigenvalue weighted by atomic mass is 9.57. The van der Waals surface area contributed by atoms with Gasteiger partial charge in [0.2, 0.25) is 19.9 Å². The number of hydrogen-bond donors (Lipinski definition) is 2. The first kappa shape index (κ1) is 23.4. The van der Waals surface area contributed by atoms with E-state index in [0.29, 0.717) is 16.7 Å². The Morgan fingerprint density at radius 3 is 2.35 bits per heavy atom. The first-order valence-electron chi connectivity index (χ1n) is 12.8. The van der Waals surface area contributed by atoms with Crippen molar-refractivity contribution in [3.8, 4) is 0 Å². The van der Waals surface area contributed by atoms with Gasteiger partial charge < -0.3 is 4.98 Å². The Morgan fingerprint density at radius 1 is 0.973 bits per heavy atom. The van der Waals surface area contributed by atoms with Gasteiger partial charge in [-0.2, -0.15) is 0 Å². The molecule has 9 nitrogen and oxygen atoms in total. The molecule has 4 aliphatic rings. The van der Waals surface area contributed by atoms with Gasteiger partial charge in [-0.1, -0.05) is 18.2 Å². The molecule has 4 aliphatic carbocycles. The number of aromatic nitrogens is 4. The summed E-state index contributed by atoms with van der Waals surface area (Å²) < 4.78 is 58.4. The minimum Gasteiger partial charge on any atom is -0.345 e. The lowest BCUT2D eigenvalue weighted by Crippen LogP contribution is -2.58. The fourth-order valence-electron chi connectivity index (χ4n) is 6.49. The fraction of sp³-hybridized carbons (Fsp3) is 0.462. The number of rotatable bonds is 6. The van der Waals surface area contributed by atoms with Crippen LogP contribution in [0.2, 0.25) is 0 Å². The van der Waals surface area contributed by atoms with E-state index >= 15 is 0 Å². The lowest BCUT2D eigenvalue weighted by molar-refractivity contribution is 0.0883. The third-order valence-electron chi connectivity index (χ3n) is 8.82. The second-order valence-electron chi connectivity index (χ2n) is 11.1. The van der Waals surface area contributed by atoms with Crippen molar-refractivity contribution in [1.82, 2.24) is 24.1 Å². The number of nitrogens with zero attached hydrogens (tertiary/aromatic N) is 3. The Kier molecular flexibility index (Phi) is 4.83. The molecule has 37 heavy (non-hydrogen) atoms. The normalized spacial score (nSPS) is 26.3. The second kappa shape index (κ2) is 7.64. The van der Waals surface area contributed by atoms with E-state index in [-0.39, 0.29) is 20.6 Å². The lowest BCUT2D eigenvalue weighted by Gasteiger charge is -2.52. The number of sulfone groups is 1. The predicted molar refractivity (Wildman–Crippen MR) is 139 cm³/mol. The maximum atomic E-state index is 13.9. The highest BCUT2D eigenvalue weighted by Crippen LogP contribution is 2.54. The summed E-state index contributed by atoms with van der Waals surface area (Å²) in [5, 5.41) is -0.214. The monoisotopic (exact) mass is 539 g/mol. The number of sulfonamides is 1. The van der Waals surface area contributed by atoms with Crippen molar-refractivity contribution in [2.24, 2.45) is 0 Å². The Balaban J connectivity index is 1.36. The first-order valence-corrected chi connectivity index (χ1v) is 15.9. The fourth-order valence-corrected chi connectivity index (χ4v) is 9.90. The third kappa shape index (κ3) is 3.43. The zero-order chi connectivity index (χ0) is 25.6. The van der Waals surface area contributed by atoms with Gasteiger partial charge in [0, 0.05) is 17.2 Å². The highest BCUT2D eigenvalue weighted by molar-refractivity contribution is 7.91. The van der Waals surface area contributed by atoms with Gasteiger partial charge in [0.05, 0.1) is 21.9 Å². The van der Waals surface area contributed by atoms with Gasteiger partial charge in [0.1, 0.15) is 11.3 Å². The Hall–Kier alpha value is -2.76. The number of aryl methyl sites for hydroxylation is 1. The summed E-state index contributed by atoms with van der Waals surface area (Å²) >= 11 is 0. The van der Waals surface area contributed by atoms with Gasteiger partial charge in [0.25, 0.3) is 0 Å². The van der Waals surface area contributed by atoms with Crippen LogP contribution in [0.3, 0.4) is 0 Å². The van der Waals surface area contributed by atoms with Gasteiger partial charge in [-0.15, -0.1) is 0 Å². The quantitative estimate of drug-likeness (QED) is 0.384. The topological polar surface area (TPSA) is 126 Å². The molecule has 0 amide bonds. The molecule has 3 aromatic heterocycles. The van der Waals surface area contributed by atoms with Crippen molar-refractivity contribution in [2.45, 2.75) is 84.4 Å². The summed E-state index contributed by atoms with van der Waals surface area (Å²) in [4.78, 5) is 12.8. The van der Waals surface area contributed by atoms with Crippen LogP contribution in [0, 0.1) is 6.92 Å². The maximum Gasteiger partial charge on any atom is 0.226 e. The molecular formula is C26H29N5O4S2. The van der Waals surface area contributed by atoms with Crippen molar-refractivity contribution < 1.29 is 16.8 Å². The van der Waals surface area contributed by atoms with E-state index in [0.717, 1.165) is 62.7 Å². The van der Waals surface area contributed by atoms with E-state index in [1.54, 1.807) is 37.5 Å². The van der Waals surface area contributed by atoms with Crippen molar-refractivity contribution in [3.63, 3.8) is 0 Å². The molecule has 0 unspecified atom stereocenters. The zero-order valence-corrected chi connectivity index (χ0v) is 22.2. The van der Waals surface area contributed by atoms with E-state index < -0.39 is 25.4 Å². The standard InChI is InChI=1S/C26H29N5O4S2/c1-17-4-2-3-5-21(17)36(32,33)23-20-16-28-22-19(8-15-27-22)31(20)24(29-23)25-9-12-26(13-10-25,14-11-25)30-37(34,35)18-6-7-18/h2-5,8,15-16,18,27,30H,6-7,9-14H2,1H3. The predicted octanol–water partition coefficient (Wildman–Crippen LogP) is 3.78. The molecule has 11 heteroatoms. The number of hydrogen-bond acceptors (Lipinski definition) is 6. The van der Waals surface area contributed by atoms with Crippen molar-refractivity contribution in [1.29, 1.82) is 0 Å². The van der Waals surface area contributed by atoms with Crippen LogP contribution in [0.5, 0.6) is 0 Å². The Bertz CT molecular complexity index is 1760. The van der Waals surface area contributed by atoms with Crippen LogP contribution in [-0.2, 0) is 25.3 Å². The number of imidazole rings is 1. The van der Waals surface area contributed by atoms with Crippen LogP contribution < -0.4 is 4.72 Å². The van der Waals surface area contributed by atoms with Crippen LogP contribution >= 0.6 is 0 Å². The molecule has 8 rings (SSSR count). The van der Waals surface area contributed by atoms with Gasteiger partial charge in [0.15, 0.2) is 10.7 Å². The highest BCUT2D eigenvalue weighted by atomic mass is 32.2. The third-order valence-corrected chi connectivity index (χ3v) is 12.7. The molecule has 0 radical (unpaired) electrons. The van der Waals surface area contributed by atoms with E-state index in [4.69, 9.17) is 4.98 Å². The molecule has 2 bridgehead atoms. The molecule has 2 N–H and O–H groups in total. The Morgan fingerprint density at radius 2 is 1.68 bits per heavy atom. The molecule has 4 saturated carbocycles. The van der Waals surface area contributed by atoms with Crippen molar-refractivity contribution in [2.75, 3.05) is 0 Å². The molecule has 1 aromatic carbocycles. The van der Waals surface area contributed by atoms with Crippen LogP contribution in [-0.4, -0.2) is 47.0 Å². The molecule has 0 aliphatic heterocycles. The summed E-state index contributed by atoms with van der Waals surface area (Å²) in [7, 11) is -7.19. The minimum atomic E-state index is -3.90. The number of fused-ring (bicyclic) bond motifs is 6. The number of H-pyrrole nitrogens is 1. The molecule has 4 aromatic rings. The summed E-state index contributed by atoms with van der Waals surface area (Å²) in [6.07, 6.45) is 9.28. The average molecular weight is 540 g/mol. The average Bonchev–Trinajstić information content (AvgIpc) is 3.51. The highest BCUT2D eigenvalue weighted by Gasteiger charge is 2.54. The van der Waals surface area contributed by atoms with Crippen LogP contribution in [0.15, 0.2) is 52.6 Å². The number of benzene rings is 1. The van der Waals surface area contributed by atoms with Crippen LogP contribution in [0.1, 0.15) is 62.8 Å². The summed E-state index contributed by atoms with van der Waals surface area (Å²) in [6.45, 7) is 1.79. The maximum absolute atomic E-state index is 13.9. The molecule has 194 valence electrons. The summed E-state index contributed by atoms with van der Waals surface area (Å²) in [5.74, 6) is 0.736. The molecular weight excluding hydrogens is 510 g/mol. The van der Waals surface area contributed by atoms with E-state index in [2.05, 4.69) is 14.7 Å². The van der Waals surface area contributed by atoms with Gasteiger partial charge in [-0.05, 0) is 76.0 Å². The molecule has 0 saturated heterocycles. The molecule has 0 atom stereocenters. The van der Waals surface area contributed by atoms with Gasteiger partial charge >= 0.3 is 0 Å². The minimum absolute atomic E-state index is 0.0265. The molecule has 4 fully saturated rings. The van der Waals surface area contributed by atoms with E-state index in [9.17, 15) is 16.8 Å². The van der Waals surface area contributed by atoms with E-state index in [1.165, 1.54) is 0 Å². The van der Waals surface area contributed by atoms with Crippen molar-refractivity contribution in [3.05, 3.63) is 54.1 Å². The van der Waals surface area contributed by atoms with Gasteiger partial charge in [-0.3, -0.25) is 4.40 Å². The Labute approximate surface area is 215 Å². The number of nitrogens with one attached hydrogen (secondary N) is 2. The smallest absolute Gasteiger partial charge is 0.226 e. The summed E-state index contributed by atoms with van der Waals surface area (Å²) in [5.41, 5.74) is 1.86. The van der Waals surface area contributed by atoms with Crippen molar-refractivity contribution >= 4 is 36.5 Å². The molecule has 0 spiro atoms. The molecule has 3 heterocycles. The van der Waals surface area contributed by atoms with Crippen LogP contribution in [0.4, 0.5) is 0 Å². The zero-order valence-electron chi connectivity index (χ0n) is 20.6. The number of aromatic amines is 1. The summed E-state index contributed by atoms with van der Waals surface area (Å²) in [6, 6.07) is 8.87. The second-order valence-corrected chi connectivity index (χ2v) is 14.9. The van der Waals surface area contributed by atoms with E-state index in [1.807, 2.05) is 16.5 Å². The van der Waals surface area contributed by atoms with Gasteiger partial charge in [-0.25, -0.2) is 31.5 Å². The largest absolute Gasteiger partial charge is 0.345 e.